The van der Waals surface area contributed by atoms with Gasteiger partial charge in [0.05, 0.1) is 13.7 Å². The van der Waals surface area contributed by atoms with E-state index in [1.54, 1.807) is 7.11 Å². The number of ether oxygens (including phenoxy) is 2. The van der Waals surface area contributed by atoms with Crippen LogP contribution in [0.15, 0.2) is 78.9 Å². The van der Waals surface area contributed by atoms with Gasteiger partial charge < -0.3 is 14.8 Å². The van der Waals surface area contributed by atoms with Gasteiger partial charge in [0.1, 0.15) is 12.6 Å². The van der Waals surface area contributed by atoms with Crippen molar-refractivity contribution in [3.8, 4) is 11.5 Å². The maximum Gasteiger partial charge on any atom is 0.161 e. The number of quaternary nitrogens is 1. The summed E-state index contributed by atoms with van der Waals surface area (Å²) in [6, 6.07) is 28.0. The molecule has 0 aromatic heterocycles. The van der Waals surface area contributed by atoms with Crippen molar-refractivity contribution in [2.45, 2.75) is 25.9 Å². The molecule has 3 rings (SSSR count). The predicted molar refractivity (Wildman–Crippen MR) is 109 cm³/mol. The lowest BCUT2D eigenvalue weighted by atomic mass is 9.98. The smallest absolute Gasteiger partial charge is 0.161 e. The highest BCUT2D eigenvalue weighted by atomic mass is 16.5. The summed E-state index contributed by atoms with van der Waals surface area (Å²) in [5.41, 5.74) is 3.93. The van der Waals surface area contributed by atoms with E-state index in [-0.39, 0.29) is 0 Å². The Labute approximate surface area is 162 Å². The molecule has 140 valence electrons. The first-order valence-electron chi connectivity index (χ1n) is 9.52. The van der Waals surface area contributed by atoms with Crippen molar-refractivity contribution in [2.75, 3.05) is 13.7 Å². The third kappa shape index (κ3) is 5.35. The molecule has 0 aliphatic rings. The molecule has 3 aromatic rings. The molecule has 0 unspecified atom stereocenters. The molecule has 3 nitrogen and oxygen atoms in total. The summed E-state index contributed by atoms with van der Waals surface area (Å²) in [7, 11) is 1.68. The van der Waals surface area contributed by atoms with Crippen LogP contribution in [0.3, 0.4) is 0 Å². The van der Waals surface area contributed by atoms with Gasteiger partial charge in [-0.25, -0.2) is 0 Å². The highest BCUT2D eigenvalue weighted by Gasteiger charge is 2.16. The number of benzene rings is 3. The second-order valence-corrected chi connectivity index (χ2v) is 6.56. The summed E-state index contributed by atoms with van der Waals surface area (Å²) in [5, 5.41) is 2.40. The summed E-state index contributed by atoms with van der Waals surface area (Å²) in [4.78, 5) is 0. The largest absolute Gasteiger partial charge is 0.493 e. The topological polar surface area (TPSA) is 35.1 Å². The average molecular weight is 362 g/mol. The van der Waals surface area contributed by atoms with Crippen LogP contribution in [-0.4, -0.2) is 13.7 Å². The number of nitrogens with two attached hydrogens (primary N) is 1. The molecule has 0 aliphatic carbocycles. The van der Waals surface area contributed by atoms with Crippen molar-refractivity contribution >= 4 is 0 Å². The Balaban J connectivity index is 1.75. The van der Waals surface area contributed by atoms with E-state index in [0.717, 1.165) is 24.5 Å². The van der Waals surface area contributed by atoms with Crippen LogP contribution in [0, 0.1) is 0 Å². The Kier molecular flexibility index (Phi) is 6.89. The fraction of sp³-hybridized carbons (Fsp3) is 0.250. The van der Waals surface area contributed by atoms with Crippen LogP contribution < -0.4 is 14.8 Å². The lowest BCUT2D eigenvalue weighted by Gasteiger charge is -2.17. The summed E-state index contributed by atoms with van der Waals surface area (Å²) < 4.78 is 11.1. The van der Waals surface area contributed by atoms with E-state index in [9.17, 15) is 0 Å². The van der Waals surface area contributed by atoms with Crippen LogP contribution in [0.1, 0.15) is 29.7 Å². The third-order valence-electron chi connectivity index (χ3n) is 4.69. The standard InChI is InChI=1S/C24H27NO2/c1-3-27-24-17-20(14-15-23(24)26-2)18-25-22(21-12-8-5-9-13-21)16-19-10-6-4-7-11-19/h4-15,17,22,25H,3,16,18H2,1-2H3/p+1/t22-/m0/s1. The van der Waals surface area contributed by atoms with Crippen LogP contribution >= 0.6 is 0 Å². The predicted octanol–water partition coefficient (Wildman–Crippen LogP) is 4.14. The normalized spacial score (nSPS) is 11.8. The fourth-order valence-corrected chi connectivity index (χ4v) is 3.30. The summed E-state index contributed by atoms with van der Waals surface area (Å²) in [5.74, 6) is 1.59. The molecule has 3 heteroatoms. The molecule has 0 amide bonds. The van der Waals surface area contributed by atoms with E-state index in [1.165, 1.54) is 16.7 Å². The van der Waals surface area contributed by atoms with Crippen molar-refractivity contribution in [1.29, 1.82) is 0 Å². The lowest BCUT2D eigenvalue weighted by Crippen LogP contribution is -2.84. The molecule has 0 bridgehead atoms. The molecule has 3 aromatic carbocycles. The second kappa shape index (κ2) is 9.79. The molecular weight excluding hydrogens is 334 g/mol. The van der Waals surface area contributed by atoms with E-state index in [1.807, 2.05) is 13.0 Å². The third-order valence-corrected chi connectivity index (χ3v) is 4.69. The minimum atomic E-state index is 0.367. The van der Waals surface area contributed by atoms with E-state index in [4.69, 9.17) is 9.47 Å². The van der Waals surface area contributed by atoms with Crippen molar-refractivity contribution in [1.82, 2.24) is 0 Å². The average Bonchev–Trinajstić information content (AvgIpc) is 2.73. The monoisotopic (exact) mass is 362 g/mol. The zero-order valence-electron chi connectivity index (χ0n) is 16.1. The molecule has 0 spiro atoms. The van der Waals surface area contributed by atoms with Crippen LogP contribution in [0.25, 0.3) is 0 Å². The first-order chi connectivity index (χ1) is 13.3. The van der Waals surface area contributed by atoms with Crippen LogP contribution in [0.4, 0.5) is 0 Å². The zero-order chi connectivity index (χ0) is 18.9. The lowest BCUT2D eigenvalue weighted by molar-refractivity contribution is -0.711. The Morgan fingerprint density at radius 2 is 1.52 bits per heavy atom. The number of methoxy groups -OCH3 is 1. The molecule has 0 heterocycles. The zero-order valence-corrected chi connectivity index (χ0v) is 16.1. The van der Waals surface area contributed by atoms with E-state index in [2.05, 4.69) is 78.1 Å². The summed E-state index contributed by atoms with van der Waals surface area (Å²) in [6.45, 7) is 3.50. The van der Waals surface area contributed by atoms with Crippen molar-refractivity contribution in [3.05, 3.63) is 95.6 Å². The molecule has 0 aliphatic heterocycles. The minimum Gasteiger partial charge on any atom is -0.493 e. The van der Waals surface area contributed by atoms with Gasteiger partial charge in [-0.1, -0.05) is 60.7 Å². The maximum absolute atomic E-state index is 5.72. The van der Waals surface area contributed by atoms with Gasteiger partial charge in [-0.3, -0.25) is 0 Å². The van der Waals surface area contributed by atoms with Crippen LogP contribution in [-0.2, 0) is 13.0 Å². The number of hydrogen-bond donors (Lipinski definition) is 1. The summed E-state index contributed by atoms with van der Waals surface area (Å²) >= 11 is 0. The molecule has 0 saturated heterocycles. The van der Waals surface area contributed by atoms with Gasteiger partial charge in [-0.15, -0.1) is 0 Å². The summed E-state index contributed by atoms with van der Waals surface area (Å²) in [6.07, 6.45) is 0.999. The van der Waals surface area contributed by atoms with Gasteiger partial charge in [0.2, 0.25) is 0 Å². The molecule has 0 fully saturated rings. The van der Waals surface area contributed by atoms with Gasteiger partial charge in [0, 0.05) is 17.5 Å². The molecule has 2 N–H and O–H groups in total. The molecular formula is C24H28NO2+. The first kappa shape index (κ1) is 19.0. The van der Waals surface area contributed by atoms with Gasteiger partial charge in [0.25, 0.3) is 0 Å². The van der Waals surface area contributed by atoms with Gasteiger partial charge in [-0.05, 0) is 30.7 Å². The first-order valence-corrected chi connectivity index (χ1v) is 9.52. The molecule has 27 heavy (non-hydrogen) atoms. The Bertz CT molecular complexity index is 818. The molecule has 0 saturated carbocycles. The van der Waals surface area contributed by atoms with Crippen molar-refractivity contribution in [2.24, 2.45) is 0 Å². The fourth-order valence-electron chi connectivity index (χ4n) is 3.30. The van der Waals surface area contributed by atoms with Gasteiger partial charge >= 0.3 is 0 Å². The van der Waals surface area contributed by atoms with Crippen LogP contribution in [0.2, 0.25) is 0 Å². The van der Waals surface area contributed by atoms with Crippen molar-refractivity contribution < 1.29 is 14.8 Å². The Hall–Kier alpha value is -2.78. The quantitative estimate of drug-likeness (QED) is 0.621. The van der Waals surface area contributed by atoms with Gasteiger partial charge in [0.15, 0.2) is 11.5 Å². The molecule has 1 atom stereocenters. The Morgan fingerprint density at radius 1 is 0.815 bits per heavy atom. The maximum atomic E-state index is 5.72. The van der Waals surface area contributed by atoms with Gasteiger partial charge in [-0.2, -0.15) is 0 Å². The minimum absolute atomic E-state index is 0.367. The Morgan fingerprint density at radius 3 is 2.19 bits per heavy atom. The van der Waals surface area contributed by atoms with Crippen molar-refractivity contribution in [3.63, 3.8) is 0 Å². The van der Waals surface area contributed by atoms with E-state index >= 15 is 0 Å². The van der Waals surface area contributed by atoms with E-state index < -0.39 is 0 Å². The second-order valence-electron chi connectivity index (χ2n) is 6.56. The highest BCUT2D eigenvalue weighted by molar-refractivity contribution is 5.42. The number of hydrogen-bond acceptors (Lipinski definition) is 2. The van der Waals surface area contributed by atoms with E-state index in [0.29, 0.717) is 12.6 Å². The SMILES string of the molecule is CCOc1cc(C[NH2+][C@@H](Cc2ccccc2)c2ccccc2)ccc1OC. The van der Waals surface area contributed by atoms with Crippen LogP contribution in [0.5, 0.6) is 11.5 Å². The number of rotatable bonds is 9. The molecule has 0 radical (unpaired) electrons. The highest BCUT2D eigenvalue weighted by Crippen LogP contribution is 2.27.